The fourth-order valence-electron chi connectivity index (χ4n) is 2.39. The predicted molar refractivity (Wildman–Crippen MR) is 64.8 cm³/mol. The molecular formula is C13H12N2O3. The second kappa shape index (κ2) is 3.60. The second-order valence-corrected chi connectivity index (χ2v) is 4.47. The van der Waals surface area contributed by atoms with E-state index in [0.717, 1.165) is 22.4 Å². The molecule has 0 amide bonds. The molecule has 1 aromatic carbocycles. The van der Waals surface area contributed by atoms with Crippen LogP contribution in [0, 0.1) is 13.8 Å². The van der Waals surface area contributed by atoms with Crippen molar-refractivity contribution >= 4 is 5.97 Å². The van der Waals surface area contributed by atoms with Gasteiger partial charge in [-0.3, -0.25) is 5.10 Å². The molecule has 0 spiro atoms. The Morgan fingerprint density at radius 1 is 1.44 bits per heavy atom. The summed E-state index contributed by atoms with van der Waals surface area (Å²) in [6, 6.07) is 3.98. The van der Waals surface area contributed by atoms with Crippen LogP contribution in [-0.4, -0.2) is 21.3 Å². The molecule has 18 heavy (non-hydrogen) atoms. The van der Waals surface area contributed by atoms with Crippen LogP contribution in [0.1, 0.15) is 27.2 Å². The number of carboxylic acid groups (broad SMARTS) is 1. The van der Waals surface area contributed by atoms with Gasteiger partial charge in [-0.1, -0.05) is 6.07 Å². The number of rotatable bonds is 1. The van der Waals surface area contributed by atoms with Crippen LogP contribution in [0.15, 0.2) is 12.1 Å². The van der Waals surface area contributed by atoms with E-state index in [1.54, 1.807) is 0 Å². The zero-order chi connectivity index (χ0) is 12.9. The normalized spacial score (nSPS) is 12.6. The molecule has 0 saturated carbocycles. The molecule has 1 aromatic heterocycles. The summed E-state index contributed by atoms with van der Waals surface area (Å²) < 4.78 is 5.64. The first kappa shape index (κ1) is 10.8. The fourth-order valence-corrected chi connectivity index (χ4v) is 2.39. The smallest absolute Gasteiger partial charge is 0.354 e. The molecule has 0 saturated heterocycles. The summed E-state index contributed by atoms with van der Waals surface area (Å²) in [5.74, 6) is -0.246. The summed E-state index contributed by atoms with van der Waals surface area (Å²) in [4.78, 5) is 11.1. The van der Waals surface area contributed by atoms with Crippen LogP contribution >= 0.6 is 0 Å². The number of fused-ring (bicyclic) bond motifs is 3. The van der Waals surface area contributed by atoms with Crippen molar-refractivity contribution < 1.29 is 14.6 Å². The van der Waals surface area contributed by atoms with Gasteiger partial charge in [-0.15, -0.1) is 0 Å². The fraction of sp³-hybridized carbons (Fsp3) is 0.231. The molecule has 0 atom stereocenters. The Balaban J connectivity index is 2.27. The average molecular weight is 244 g/mol. The average Bonchev–Trinajstić information content (AvgIpc) is 2.71. The Hall–Kier alpha value is -2.30. The lowest BCUT2D eigenvalue weighted by molar-refractivity contribution is 0.0687. The van der Waals surface area contributed by atoms with Gasteiger partial charge >= 0.3 is 5.97 Å². The van der Waals surface area contributed by atoms with Gasteiger partial charge in [0, 0.05) is 5.56 Å². The van der Waals surface area contributed by atoms with Gasteiger partial charge in [0.05, 0.1) is 5.56 Å². The molecular weight excluding hydrogens is 232 g/mol. The number of hydrogen-bond acceptors (Lipinski definition) is 3. The molecule has 5 nitrogen and oxygen atoms in total. The molecule has 0 radical (unpaired) electrons. The van der Waals surface area contributed by atoms with Gasteiger partial charge in [0.1, 0.15) is 18.1 Å². The van der Waals surface area contributed by atoms with E-state index in [0.29, 0.717) is 11.3 Å². The third-order valence-electron chi connectivity index (χ3n) is 3.13. The Kier molecular flexibility index (Phi) is 2.16. The van der Waals surface area contributed by atoms with Crippen LogP contribution in [0.2, 0.25) is 0 Å². The highest BCUT2D eigenvalue weighted by Crippen LogP contribution is 2.40. The highest BCUT2D eigenvalue weighted by atomic mass is 16.5. The third kappa shape index (κ3) is 1.40. The van der Waals surface area contributed by atoms with E-state index in [-0.39, 0.29) is 12.3 Å². The minimum absolute atomic E-state index is 0.107. The Bertz CT molecular complexity index is 658. The van der Waals surface area contributed by atoms with Crippen molar-refractivity contribution in [1.29, 1.82) is 0 Å². The zero-order valence-corrected chi connectivity index (χ0v) is 10.1. The highest BCUT2D eigenvalue weighted by molar-refractivity contribution is 5.91. The van der Waals surface area contributed by atoms with Crippen LogP contribution < -0.4 is 4.74 Å². The van der Waals surface area contributed by atoms with Crippen LogP contribution in [0.4, 0.5) is 0 Å². The molecule has 0 unspecified atom stereocenters. The van der Waals surface area contributed by atoms with E-state index in [9.17, 15) is 4.79 Å². The Morgan fingerprint density at radius 3 is 2.94 bits per heavy atom. The van der Waals surface area contributed by atoms with Crippen molar-refractivity contribution in [2.75, 3.05) is 0 Å². The first-order valence-electron chi connectivity index (χ1n) is 5.63. The standard InChI is InChI=1S/C13H12N2O3/c1-6-3-7(2)10-9(4-6)18-5-8-11(10)14-15-12(8)13(16)17/h3-4H,5H2,1-2H3,(H,14,15)(H,16,17). The minimum atomic E-state index is -1.01. The first-order valence-corrected chi connectivity index (χ1v) is 5.63. The number of carbonyl (C=O) groups is 1. The van der Waals surface area contributed by atoms with E-state index in [2.05, 4.69) is 10.2 Å². The number of aryl methyl sites for hydroxylation is 2. The number of nitrogens with one attached hydrogen (secondary N) is 1. The van der Waals surface area contributed by atoms with Crippen molar-refractivity contribution in [2.45, 2.75) is 20.5 Å². The summed E-state index contributed by atoms with van der Waals surface area (Å²) in [7, 11) is 0. The zero-order valence-electron chi connectivity index (χ0n) is 10.1. The number of aromatic nitrogens is 2. The number of aromatic amines is 1. The number of nitrogens with zero attached hydrogens (tertiary/aromatic N) is 1. The molecule has 3 rings (SSSR count). The second-order valence-electron chi connectivity index (χ2n) is 4.47. The predicted octanol–water partition coefficient (Wildman–Crippen LogP) is 2.28. The van der Waals surface area contributed by atoms with Crippen molar-refractivity contribution in [3.63, 3.8) is 0 Å². The van der Waals surface area contributed by atoms with Gasteiger partial charge < -0.3 is 9.84 Å². The molecule has 0 bridgehead atoms. The molecule has 2 aromatic rings. The summed E-state index contributed by atoms with van der Waals surface area (Å²) in [6.45, 7) is 4.21. The minimum Gasteiger partial charge on any atom is -0.488 e. The maximum absolute atomic E-state index is 11.1. The number of H-pyrrole nitrogens is 1. The van der Waals surface area contributed by atoms with Crippen molar-refractivity contribution in [3.05, 3.63) is 34.5 Å². The summed E-state index contributed by atoms with van der Waals surface area (Å²) in [5.41, 5.74) is 4.44. The van der Waals surface area contributed by atoms with Gasteiger partial charge in [0.2, 0.25) is 0 Å². The SMILES string of the molecule is Cc1cc(C)c2c(c1)OCc1c-2n[nH]c1C(=O)O. The van der Waals surface area contributed by atoms with E-state index in [1.165, 1.54) is 0 Å². The lowest BCUT2D eigenvalue weighted by atomic mass is 9.96. The monoisotopic (exact) mass is 244 g/mol. The maximum atomic E-state index is 11.1. The van der Waals surface area contributed by atoms with E-state index in [4.69, 9.17) is 9.84 Å². The molecule has 2 N–H and O–H groups in total. The number of aromatic carboxylic acids is 1. The molecule has 0 aliphatic carbocycles. The van der Waals surface area contributed by atoms with Gasteiger partial charge in [-0.2, -0.15) is 5.10 Å². The van der Waals surface area contributed by atoms with Crippen molar-refractivity contribution in [1.82, 2.24) is 10.2 Å². The van der Waals surface area contributed by atoms with Gasteiger partial charge in [-0.25, -0.2) is 4.79 Å². The van der Waals surface area contributed by atoms with E-state index in [1.807, 2.05) is 26.0 Å². The molecule has 5 heteroatoms. The molecule has 1 aliphatic heterocycles. The van der Waals surface area contributed by atoms with Gasteiger partial charge in [-0.05, 0) is 31.0 Å². The van der Waals surface area contributed by atoms with Crippen LogP contribution in [-0.2, 0) is 6.61 Å². The van der Waals surface area contributed by atoms with Crippen LogP contribution in [0.25, 0.3) is 11.3 Å². The van der Waals surface area contributed by atoms with E-state index >= 15 is 0 Å². The van der Waals surface area contributed by atoms with Crippen molar-refractivity contribution in [2.24, 2.45) is 0 Å². The lowest BCUT2D eigenvalue weighted by Gasteiger charge is -2.19. The summed E-state index contributed by atoms with van der Waals surface area (Å²) in [5, 5.41) is 15.8. The topological polar surface area (TPSA) is 75.2 Å². The van der Waals surface area contributed by atoms with Crippen LogP contribution in [0.5, 0.6) is 5.75 Å². The quantitative estimate of drug-likeness (QED) is 0.807. The van der Waals surface area contributed by atoms with Crippen LogP contribution in [0.3, 0.4) is 0 Å². The van der Waals surface area contributed by atoms with Gasteiger partial charge in [0.15, 0.2) is 5.69 Å². The Labute approximate surface area is 103 Å². The number of benzene rings is 1. The first-order chi connectivity index (χ1) is 8.58. The summed E-state index contributed by atoms with van der Waals surface area (Å²) in [6.07, 6.45) is 0. The molecule has 1 aliphatic rings. The largest absolute Gasteiger partial charge is 0.488 e. The molecule has 92 valence electrons. The van der Waals surface area contributed by atoms with Crippen molar-refractivity contribution in [3.8, 4) is 17.0 Å². The Morgan fingerprint density at radius 2 is 2.22 bits per heavy atom. The highest BCUT2D eigenvalue weighted by Gasteiger charge is 2.27. The number of carboxylic acids is 1. The molecule has 2 heterocycles. The maximum Gasteiger partial charge on any atom is 0.354 e. The van der Waals surface area contributed by atoms with Gasteiger partial charge in [0.25, 0.3) is 0 Å². The number of ether oxygens (including phenoxy) is 1. The summed E-state index contributed by atoms with van der Waals surface area (Å²) >= 11 is 0. The molecule has 0 fully saturated rings. The third-order valence-corrected chi connectivity index (χ3v) is 3.13. The number of hydrogen-bond donors (Lipinski definition) is 2. The van der Waals surface area contributed by atoms with E-state index < -0.39 is 5.97 Å². The lowest BCUT2D eigenvalue weighted by Crippen LogP contribution is -2.10.